The van der Waals surface area contributed by atoms with E-state index < -0.39 is 9.85 Å². The van der Waals surface area contributed by atoms with E-state index in [1.165, 1.54) is 24.3 Å². The number of nitrogens with zero attached hydrogens (tertiary/aromatic N) is 2. The fraction of sp³-hybridized carbons (Fsp3) is 0.400. The van der Waals surface area contributed by atoms with Crippen molar-refractivity contribution in [1.29, 1.82) is 0 Å². The second kappa shape index (κ2) is 7.23. The quantitative estimate of drug-likeness (QED) is 0.481. The van der Waals surface area contributed by atoms with Crippen molar-refractivity contribution in [2.24, 2.45) is 0 Å². The molecule has 0 spiro atoms. The maximum absolute atomic E-state index is 10.9. The SMILES string of the molecule is CCC(C)(c1ccc([N+](=O)[O-])cc1)C(C)(CC)c1ccc([N+](=O)[O-])cc1. The Balaban J connectivity index is 2.54. The molecular formula is C20H24N2O4. The van der Waals surface area contributed by atoms with Crippen molar-refractivity contribution in [3.05, 3.63) is 79.9 Å². The van der Waals surface area contributed by atoms with Crippen molar-refractivity contribution < 1.29 is 9.85 Å². The Labute approximate surface area is 153 Å². The molecule has 0 aliphatic heterocycles. The van der Waals surface area contributed by atoms with Gasteiger partial charge >= 0.3 is 0 Å². The topological polar surface area (TPSA) is 86.3 Å². The van der Waals surface area contributed by atoms with Crippen LogP contribution in [0, 0.1) is 20.2 Å². The van der Waals surface area contributed by atoms with Crippen LogP contribution in [0.2, 0.25) is 0 Å². The van der Waals surface area contributed by atoms with E-state index in [-0.39, 0.29) is 22.2 Å². The molecule has 0 amide bonds. The molecule has 6 nitrogen and oxygen atoms in total. The largest absolute Gasteiger partial charge is 0.269 e. The van der Waals surface area contributed by atoms with E-state index in [1.807, 2.05) is 24.3 Å². The molecule has 0 heterocycles. The summed E-state index contributed by atoms with van der Waals surface area (Å²) in [7, 11) is 0. The molecule has 2 aromatic rings. The summed E-state index contributed by atoms with van der Waals surface area (Å²) < 4.78 is 0. The van der Waals surface area contributed by atoms with Crippen LogP contribution in [0.15, 0.2) is 48.5 Å². The van der Waals surface area contributed by atoms with E-state index in [4.69, 9.17) is 0 Å². The van der Waals surface area contributed by atoms with Crippen LogP contribution < -0.4 is 0 Å². The lowest BCUT2D eigenvalue weighted by Gasteiger charge is -2.47. The van der Waals surface area contributed by atoms with Crippen LogP contribution in [0.5, 0.6) is 0 Å². The molecule has 0 saturated carbocycles. The van der Waals surface area contributed by atoms with Crippen LogP contribution in [-0.2, 0) is 10.8 Å². The van der Waals surface area contributed by atoms with Gasteiger partial charge in [-0.15, -0.1) is 0 Å². The number of rotatable bonds is 7. The van der Waals surface area contributed by atoms with E-state index in [2.05, 4.69) is 27.7 Å². The van der Waals surface area contributed by atoms with Crippen LogP contribution in [0.25, 0.3) is 0 Å². The number of hydrogen-bond donors (Lipinski definition) is 0. The van der Waals surface area contributed by atoms with Crippen LogP contribution >= 0.6 is 0 Å². The maximum Gasteiger partial charge on any atom is 0.269 e. The van der Waals surface area contributed by atoms with Gasteiger partial charge in [0.25, 0.3) is 11.4 Å². The zero-order valence-electron chi connectivity index (χ0n) is 15.6. The molecular weight excluding hydrogens is 332 g/mol. The zero-order chi connectivity index (χ0) is 19.5. The first-order valence-corrected chi connectivity index (χ1v) is 8.69. The summed E-state index contributed by atoms with van der Waals surface area (Å²) in [4.78, 5) is 21.1. The van der Waals surface area contributed by atoms with Crippen molar-refractivity contribution in [1.82, 2.24) is 0 Å². The molecule has 0 N–H and O–H groups in total. The van der Waals surface area contributed by atoms with E-state index in [0.29, 0.717) is 0 Å². The Morgan fingerprint density at radius 2 is 0.962 bits per heavy atom. The van der Waals surface area contributed by atoms with Gasteiger partial charge in [-0.05, 0) is 24.0 Å². The summed E-state index contributed by atoms with van der Waals surface area (Å²) in [6.07, 6.45) is 1.65. The number of nitro benzene ring substituents is 2. The van der Waals surface area contributed by atoms with Crippen LogP contribution in [0.3, 0.4) is 0 Å². The summed E-state index contributed by atoms with van der Waals surface area (Å²) in [6, 6.07) is 13.4. The van der Waals surface area contributed by atoms with Gasteiger partial charge in [-0.3, -0.25) is 20.2 Å². The third-order valence-corrected chi connectivity index (χ3v) is 6.06. The predicted octanol–water partition coefficient (Wildman–Crippen LogP) is 5.54. The smallest absolute Gasteiger partial charge is 0.258 e. The predicted molar refractivity (Wildman–Crippen MR) is 101 cm³/mol. The fourth-order valence-corrected chi connectivity index (χ4v) is 3.73. The Kier molecular flexibility index (Phi) is 5.44. The average molecular weight is 356 g/mol. The van der Waals surface area contributed by atoms with E-state index in [9.17, 15) is 20.2 Å². The molecule has 0 aliphatic carbocycles. The van der Waals surface area contributed by atoms with Gasteiger partial charge in [-0.2, -0.15) is 0 Å². The van der Waals surface area contributed by atoms with Gasteiger partial charge in [-0.25, -0.2) is 0 Å². The number of non-ortho nitro benzene ring substituents is 2. The van der Waals surface area contributed by atoms with Crippen molar-refractivity contribution in [3.63, 3.8) is 0 Å². The summed E-state index contributed by atoms with van der Waals surface area (Å²) in [5, 5.41) is 21.9. The molecule has 0 radical (unpaired) electrons. The average Bonchev–Trinajstić information content (AvgIpc) is 2.66. The zero-order valence-corrected chi connectivity index (χ0v) is 15.6. The Hall–Kier alpha value is -2.76. The van der Waals surface area contributed by atoms with Gasteiger partial charge in [0.2, 0.25) is 0 Å². The highest BCUT2D eigenvalue weighted by molar-refractivity contribution is 5.43. The maximum atomic E-state index is 10.9. The molecule has 2 unspecified atom stereocenters. The number of hydrogen-bond acceptors (Lipinski definition) is 4. The first-order chi connectivity index (χ1) is 12.2. The van der Waals surface area contributed by atoms with Gasteiger partial charge in [0, 0.05) is 35.1 Å². The van der Waals surface area contributed by atoms with Gasteiger partial charge < -0.3 is 0 Å². The van der Waals surface area contributed by atoms with Gasteiger partial charge in [0.05, 0.1) is 9.85 Å². The van der Waals surface area contributed by atoms with Crippen molar-refractivity contribution >= 4 is 11.4 Å². The molecule has 0 bridgehead atoms. The van der Waals surface area contributed by atoms with Crippen molar-refractivity contribution in [2.45, 2.75) is 51.4 Å². The Morgan fingerprint density at radius 1 is 0.692 bits per heavy atom. The minimum absolute atomic E-state index is 0.0701. The Bertz CT molecular complexity index is 732. The van der Waals surface area contributed by atoms with E-state index in [1.54, 1.807) is 0 Å². The fourth-order valence-electron chi connectivity index (χ4n) is 3.73. The van der Waals surface area contributed by atoms with E-state index in [0.717, 1.165) is 24.0 Å². The summed E-state index contributed by atoms with van der Waals surface area (Å²) in [6.45, 7) is 8.50. The van der Waals surface area contributed by atoms with Gasteiger partial charge in [0.15, 0.2) is 0 Å². The third kappa shape index (κ3) is 3.19. The van der Waals surface area contributed by atoms with Crippen LogP contribution in [-0.4, -0.2) is 9.85 Å². The van der Waals surface area contributed by atoms with E-state index >= 15 is 0 Å². The molecule has 0 aliphatic rings. The van der Waals surface area contributed by atoms with Gasteiger partial charge in [0.1, 0.15) is 0 Å². The lowest BCUT2D eigenvalue weighted by Crippen LogP contribution is -2.44. The molecule has 138 valence electrons. The standard InChI is InChI=1S/C20H24N2O4/c1-5-19(3,15-7-11-17(12-8-15)21(23)24)20(4,6-2)16-9-13-18(14-10-16)22(25)26/h7-14H,5-6H2,1-4H3. The van der Waals surface area contributed by atoms with Gasteiger partial charge in [-0.1, -0.05) is 52.0 Å². The number of benzene rings is 2. The molecule has 26 heavy (non-hydrogen) atoms. The first kappa shape index (κ1) is 19.6. The second-order valence-corrected chi connectivity index (χ2v) is 6.98. The highest BCUT2D eigenvalue weighted by atomic mass is 16.6. The molecule has 0 fully saturated rings. The molecule has 0 saturated heterocycles. The third-order valence-electron chi connectivity index (χ3n) is 6.06. The highest BCUT2D eigenvalue weighted by Gasteiger charge is 2.44. The Morgan fingerprint density at radius 3 is 1.15 bits per heavy atom. The lowest BCUT2D eigenvalue weighted by atomic mass is 9.56. The molecule has 0 aromatic heterocycles. The first-order valence-electron chi connectivity index (χ1n) is 8.69. The molecule has 2 aromatic carbocycles. The van der Waals surface area contributed by atoms with Crippen LogP contribution in [0.1, 0.15) is 51.7 Å². The highest BCUT2D eigenvalue weighted by Crippen LogP contribution is 2.49. The lowest BCUT2D eigenvalue weighted by molar-refractivity contribution is -0.385. The normalized spacial score (nSPS) is 15.7. The minimum atomic E-state index is -0.400. The van der Waals surface area contributed by atoms with Crippen molar-refractivity contribution in [2.75, 3.05) is 0 Å². The second-order valence-electron chi connectivity index (χ2n) is 6.98. The molecule has 2 rings (SSSR count). The van der Waals surface area contributed by atoms with Crippen LogP contribution in [0.4, 0.5) is 11.4 Å². The molecule has 2 atom stereocenters. The summed E-state index contributed by atoms with van der Waals surface area (Å²) in [5.41, 5.74) is 1.61. The number of nitro groups is 2. The van der Waals surface area contributed by atoms with Crippen molar-refractivity contribution in [3.8, 4) is 0 Å². The summed E-state index contributed by atoms with van der Waals surface area (Å²) >= 11 is 0. The molecule has 6 heteroatoms. The monoisotopic (exact) mass is 356 g/mol. The summed E-state index contributed by atoms with van der Waals surface area (Å²) in [5.74, 6) is 0. The minimum Gasteiger partial charge on any atom is -0.258 e.